The minimum absolute atomic E-state index is 0.148. The molecule has 228 valence electrons. The van der Waals surface area contributed by atoms with E-state index in [1.165, 1.54) is 11.3 Å². The van der Waals surface area contributed by atoms with Crippen molar-refractivity contribution >= 4 is 58.2 Å². The lowest BCUT2D eigenvalue weighted by Gasteiger charge is -2.24. The Hall–Kier alpha value is -3.56. The van der Waals surface area contributed by atoms with Gasteiger partial charge in [-0.2, -0.15) is 0 Å². The lowest BCUT2D eigenvalue weighted by molar-refractivity contribution is -0.139. The number of aryl methyl sites for hydroxylation is 1. The minimum atomic E-state index is -0.689. The molecule has 2 heterocycles. The third kappa shape index (κ3) is 6.59. The summed E-state index contributed by atoms with van der Waals surface area (Å²) in [5, 5.41) is 1.31. The number of halogens is 3. The number of fused-ring (bicyclic) bond motifs is 1. The maximum Gasteiger partial charge on any atom is 0.338 e. The summed E-state index contributed by atoms with van der Waals surface area (Å²) in [6, 6.07) is 15.7. The zero-order valence-electron chi connectivity index (χ0n) is 24.4. The normalized spacial score (nSPS) is 14.7. The number of allylic oxidation sites excluding steroid dienone is 1. The summed E-state index contributed by atoms with van der Waals surface area (Å²) < 4.78 is 19.2. The highest BCUT2D eigenvalue weighted by Gasteiger charge is 2.33. The van der Waals surface area contributed by atoms with Gasteiger partial charge in [-0.3, -0.25) is 9.36 Å². The van der Waals surface area contributed by atoms with Crippen LogP contribution < -0.4 is 24.4 Å². The molecule has 0 spiro atoms. The van der Waals surface area contributed by atoms with Crippen molar-refractivity contribution in [3.05, 3.63) is 123 Å². The van der Waals surface area contributed by atoms with Crippen LogP contribution in [0.2, 0.25) is 15.1 Å². The molecule has 0 unspecified atom stereocenters. The molecular formula is C33H29Cl3N2O5S. The summed E-state index contributed by atoms with van der Waals surface area (Å²) in [4.78, 5) is 32.2. The van der Waals surface area contributed by atoms with Gasteiger partial charge >= 0.3 is 5.97 Å². The Bertz CT molecular complexity index is 1950. The molecule has 0 radical (unpaired) electrons. The number of carbonyl (C=O) groups is 1. The van der Waals surface area contributed by atoms with Crippen molar-refractivity contribution in [3.8, 4) is 11.5 Å². The molecule has 44 heavy (non-hydrogen) atoms. The third-order valence-electron chi connectivity index (χ3n) is 6.93. The molecule has 0 saturated heterocycles. The second-order valence-corrected chi connectivity index (χ2v) is 12.3. The fraction of sp³-hybridized carbons (Fsp3) is 0.242. The number of benzene rings is 3. The smallest absolute Gasteiger partial charge is 0.338 e. The van der Waals surface area contributed by atoms with E-state index in [4.69, 9.17) is 49.0 Å². The highest BCUT2D eigenvalue weighted by Crippen LogP contribution is 2.38. The molecule has 5 rings (SSSR count). The molecule has 0 bridgehead atoms. The van der Waals surface area contributed by atoms with Gasteiger partial charge in [-0.1, -0.05) is 82.0 Å². The summed E-state index contributed by atoms with van der Waals surface area (Å²) in [7, 11) is 0. The van der Waals surface area contributed by atoms with Crippen LogP contribution in [0.3, 0.4) is 0 Å². The van der Waals surface area contributed by atoms with Crippen LogP contribution >= 0.6 is 46.1 Å². The number of rotatable bonds is 9. The van der Waals surface area contributed by atoms with Gasteiger partial charge in [0, 0.05) is 15.6 Å². The van der Waals surface area contributed by atoms with Crippen LogP contribution in [0.5, 0.6) is 11.5 Å². The number of ether oxygens (including phenoxy) is 3. The standard InChI is InChI=1S/C33H29Cl3N2O5S/c1-5-41-26-14-20(13-25(36)30(26)43-17-22-11-12-23(34)16-24(22)35)15-27-31(39)38-29(21-9-7-18(3)8-10-21)28(32(40)42-6-2)19(4)37-33(38)44-27/h7-16,29H,5-6,17H2,1-4H3/b27-15+/t29-/m0/s1. The predicted octanol–water partition coefficient (Wildman–Crippen LogP) is 7.04. The van der Waals surface area contributed by atoms with E-state index in [9.17, 15) is 9.59 Å². The van der Waals surface area contributed by atoms with E-state index < -0.39 is 12.0 Å². The van der Waals surface area contributed by atoms with Crippen LogP contribution in [0, 0.1) is 6.92 Å². The minimum Gasteiger partial charge on any atom is -0.490 e. The summed E-state index contributed by atoms with van der Waals surface area (Å²) in [6.07, 6.45) is 1.73. The first kappa shape index (κ1) is 31.9. The average Bonchev–Trinajstić information content (AvgIpc) is 3.27. The lowest BCUT2D eigenvalue weighted by atomic mass is 9.95. The summed E-state index contributed by atoms with van der Waals surface area (Å²) in [6.45, 7) is 8.06. The summed E-state index contributed by atoms with van der Waals surface area (Å²) >= 11 is 20.3. The molecule has 0 N–H and O–H groups in total. The van der Waals surface area contributed by atoms with Crippen LogP contribution in [-0.2, 0) is 16.1 Å². The number of hydrogen-bond donors (Lipinski definition) is 0. The number of carbonyl (C=O) groups excluding carboxylic acids is 1. The Morgan fingerprint density at radius 1 is 0.977 bits per heavy atom. The van der Waals surface area contributed by atoms with Gasteiger partial charge < -0.3 is 14.2 Å². The van der Waals surface area contributed by atoms with E-state index in [-0.39, 0.29) is 18.8 Å². The van der Waals surface area contributed by atoms with Crippen LogP contribution in [0.4, 0.5) is 0 Å². The number of thiazole rings is 1. The van der Waals surface area contributed by atoms with E-state index in [1.54, 1.807) is 54.8 Å². The van der Waals surface area contributed by atoms with Gasteiger partial charge in [-0.05, 0) is 69.2 Å². The Morgan fingerprint density at radius 3 is 2.41 bits per heavy atom. The van der Waals surface area contributed by atoms with Gasteiger partial charge in [0.2, 0.25) is 0 Å². The third-order valence-corrected chi connectivity index (χ3v) is 8.78. The summed E-state index contributed by atoms with van der Waals surface area (Å²) in [5.41, 5.74) is 3.76. The number of esters is 1. The van der Waals surface area contributed by atoms with Gasteiger partial charge in [-0.15, -0.1) is 0 Å². The first-order valence-corrected chi connectivity index (χ1v) is 15.9. The Kier molecular flexibility index (Phi) is 9.85. The molecule has 11 heteroatoms. The fourth-order valence-electron chi connectivity index (χ4n) is 4.87. The van der Waals surface area contributed by atoms with Gasteiger partial charge in [0.1, 0.15) is 6.61 Å². The highest BCUT2D eigenvalue weighted by atomic mass is 35.5. The zero-order valence-corrected chi connectivity index (χ0v) is 27.5. The molecule has 0 amide bonds. The Balaban J connectivity index is 1.58. The topological polar surface area (TPSA) is 79.1 Å². The van der Waals surface area contributed by atoms with Crippen molar-refractivity contribution in [2.45, 2.75) is 40.3 Å². The maximum atomic E-state index is 14.0. The lowest BCUT2D eigenvalue weighted by Crippen LogP contribution is -2.39. The first-order valence-electron chi connectivity index (χ1n) is 13.9. The van der Waals surface area contributed by atoms with Crippen molar-refractivity contribution in [2.24, 2.45) is 4.99 Å². The molecule has 7 nitrogen and oxygen atoms in total. The second kappa shape index (κ2) is 13.6. The van der Waals surface area contributed by atoms with Crippen molar-refractivity contribution in [2.75, 3.05) is 13.2 Å². The van der Waals surface area contributed by atoms with Crippen molar-refractivity contribution in [1.82, 2.24) is 4.57 Å². The van der Waals surface area contributed by atoms with Crippen molar-refractivity contribution in [3.63, 3.8) is 0 Å². The molecule has 4 aromatic rings. The molecule has 1 atom stereocenters. The predicted molar refractivity (Wildman–Crippen MR) is 175 cm³/mol. The average molecular weight is 672 g/mol. The monoisotopic (exact) mass is 670 g/mol. The number of nitrogens with zero attached hydrogens (tertiary/aromatic N) is 2. The quantitative estimate of drug-likeness (QED) is 0.178. The second-order valence-electron chi connectivity index (χ2n) is 10.0. The van der Waals surface area contributed by atoms with Crippen molar-refractivity contribution < 1.29 is 19.0 Å². The Morgan fingerprint density at radius 2 is 1.73 bits per heavy atom. The zero-order chi connectivity index (χ0) is 31.5. The van der Waals surface area contributed by atoms with Crippen molar-refractivity contribution in [1.29, 1.82) is 0 Å². The van der Waals surface area contributed by atoms with Crippen LogP contribution in [0.15, 0.2) is 75.7 Å². The van der Waals surface area contributed by atoms with E-state index in [0.717, 1.165) is 16.7 Å². The van der Waals surface area contributed by atoms with Gasteiger partial charge in [0.05, 0.1) is 40.1 Å². The van der Waals surface area contributed by atoms with E-state index in [0.29, 0.717) is 59.3 Å². The molecule has 1 aromatic heterocycles. The van der Waals surface area contributed by atoms with Crippen LogP contribution in [-0.4, -0.2) is 23.8 Å². The first-order chi connectivity index (χ1) is 21.1. The van der Waals surface area contributed by atoms with Gasteiger partial charge in [0.25, 0.3) is 5.56 Å². The molecule has 3 aromatic carbocycles. The van der Waals surface area contributed by atoms with Gasteiger partial charge in [-0.25, -0.2) is 9.79 Å². The van der Waals surface area contributed by atoms with Crippen LogP contribution in [0.25, 0.3) is 6.08 Å². The van der Waals surface area contributed by atoms with E-state index in [1.807, 2.05) is 38.1 Å². The molecule has 1 aliphatic heterocycles. The largest absolute Gasteiger partial charge is 0.490 e. The van der Waals surface area contributed by atoms with Crippen LogP contribution in [0.1, 0.15) is 49.1 Å². The summed E-state index contributed by atoms with van der Waals surface area (Å²) in [5.74, 6) is 0.270. The molecular weight excluding hydrogens is 643 g/mol. The number of hydrogen-bond acceptors (Lipinski definition) is 7. The van der Waals surface area contributed by atoms with Gasteiger partial charge in [0.15, 0.2) is 16.3 Å². The number of aromatic nitrogens is 1. The fourth-order valence-corrected chi connectivity index (χ4v) is 6.65. The Labute approximate surface area is 273 Å². The maximum absolute atomic E-state index is 14.0. The van der Waals surface area contributed by atoms with E-state index >= 15 is 0 Å². The van der Waals surface area contributed by atoms with E-state index in [2.05, 4.69) is 4.99 Å². The molecule has 0 aliphatic carbocycles. The molecule has 0 saturated carbocycles. The highest BCUT2D eigenvalue weighted by molar-refractivity contribution is 7.07. The SMILES string of the molecule is CCOC(=O)C1=C(C)N=c2s/c(=C/c3cc(Cl)c(OCc4ccc(Cl)cc4Cl)c(OCC)c3)c(=O)n2[C@H]1c1ccc(C)cc1. The molecule has 1 aliphatic rings. The molecule has 0 fully saturated rings.